The number of benzene rings is 1. The zero-order valence-electron chi connectivity index (χ0n) is 9.95. The standard InChI is InChI=1S/C13H13Cl2NO2/c1-2-18-13(17)12-6-5-11(16-12)8-3-4-9(14)10(15)7-8/h3-4,7,12H,2,5-6H2,1H3. The molecular weight excluding hydrogens is 273 g/mol. The summed E-state index contributed by atoms with van der Waals surface area (Å²) in [6, 6.07) is 4.99. The maximum atomic E-state index is 11.6. The van der Waals surface area contributed by atoms with Crippen LogP contribution in [0.5, 0.6) is 0 Å². The van der Waals surface area contributed by atoms with Gasteiger partial charge in [-0.05, 0) is 37.5 Å². The van der Waals surface area contributed by atoms with Gasteiger partial charge < -0.3 is 4.74 Å². The Labute approximate surface area is 116 Å². The van der Waals surface area contributed by atoms with Gasteiger partial charge in [0, 0.05) is 5.71 Å². The van der Waals surface area contributed by atoms with Crippen LogP contribution < -0.4 is 0 Å². The molecule has 96 valence electrons. The smallest absolute Gasteiger partial charge is 0.330 e. The van der Waals surface area contributed by atoms with E-state index in [-0.39, 0.29) is 12.0 Å². The van der Waals surface area contributed by atoms with Crippen molar-refractivity contribution in [2.75, 3.05) is 6.61 Å². The van der Waals surface area contributed by atoms with Gasteiger partial charge in [-0.1, -0.05) is 29.3 Å². The number of ether oxygens (including phenoxy) is 1. The number of hydrogen-bond acceptors (Lipinski definition) is 3. The molecule has 0 amide bonds. The molecule has 0 spiro atoms. The molecule has 1 heterocycles. The highest BCUT2D eigenvalue weighted by Gasteiger charge is 2.26. The van der Waals surface area contributed by atoms with Crippen molar-refractivity contribution in [3.05, 3.63) is 33.8 Å². The van der Waals surface area contributed by atoms with E-state index in [0.717, 1.165) is 17.7 Å². The summed E-state index contributed by atoms with van der Waals surface area (Å²) in [5.41, 5.74) is 1.79. The molecule has 0 N–H and O–H groups in total. The Balaban J connectivity index is 2.17. The van der Waals surface area contributed by atoms with Crippen LogP contribution in [0.2, 0.25) is 10.0 Å². The minimum Gasteiger partial charge on any atom is -0.464 e. The highest BCUT2D eigenvalue weighted by atomic mass is 35.5. The van der Waals surface area contributed by atoms with E-state index in [1.54, 1.807) is 19.1 Å². The molecule has 1 atom stereocenters. The lowest BCUT2D eigenvalue weighted by molar-refractivity contribution is -0.144. The molecule has 1 aliphatic rings. The van der Waals surface area contributed by atoms with E-state index in [0.29, 0.717) is 23.1 Å². The first-order chi connectivity index (χ1) is 8.61. The van der Waals surface area contributed by atoms with Gasteiger partial charge in [0.15, 0.2) is 0 Å². The molecule has 0 saturated carbocycles. The lowest BCUT2D eigenvalue weighted by atomic mass is 10.1. The van der Waals surface area contributed by atoms with Crippen LogP contribution >= 0.6 is 23.2 Å². The third-order valence-electron chi connectivity index (χ3n) is 2.78. The van der Waals surface area contributed by atoms with E-state index in [4.69, 9.17) is 27.9 Å². The van der Waals surface area contributed by atoms with Gasteiger partial charge in [-0.25, -0.2) is 4.79 Å². The van der Waals surface area contributed by atoms with Crippen LogP contribution in [0, 0.1) is 0 Å². The minimum absolute atomic E-state index is 0.257. The first-order valence-corrected chi connectivity index (χ1v) is 6.56. The maximum Gasteiger partial charge on any atom is 0.330 e. The summed E-state index contributed by atoms with van der Waals surface area (Å²) in [6.07, 6.45) is 1.44. The lowest BCUT2D eigenvalue weighted by Crippen LogP contribution is -2.18. The van der Waals surface area contributed by atoms with Crippen molar-refractivity contribution in [3.63, 3.8) is 0 Å². The van der Waals surface area contributed by atoms with Crippen molar-refractivity contribution in [3.8, 4) is 0 Å². The van der Waals surface area contributed by atoms with E-state index in [1.807, 2.05) is 6.07 Å². The Morgan fingerprint density at radius 1 is 1.44 bits per heavy atom. The Hall–Kier alpha value is -1.06. The molecule has 0 saturated heterocycles. The number of nitrogens with zero attached hydrogens (tertiary/aromatic N) is 1. The third-order valence-corrected chi connectivity index (χ3v) is 3.52. The average Bonchev–Trinajstić information content (AvgIpc) is 2.82. The van der Waals surface area contributed by atoms with Gasteiger partial charge in [0.1, 0.15) is 6.04 Å². The van der Waals surface area contributed by atoms with Gasteiger partial charge in [-0.15, -0.1) is 0 Å². The molecule has 0 aliphatic carbocycles. The monoisotopic (exact) mass is 285 g/mol. The summed E-state index contributed by atoms with van der Waals surface area (Å²) >= 11 is 11.8. The summed E-state index contributed by atoms with van der Waals surface area (Å²) in [7, 11) is 0. The van der Waals surface area contributed by atoms with Crippen LogP contribution in [-0.4, -0.2) is 24.3 Å². The van der Waals surface area contributed by atoms with Crippen LogP contribution in [0.1, 0.15) is 25.3 Å². The number of rotatable bonds is 3. The van der Waals surface area contributed by atoms with Gasteiger partial charge in [-0.3, -0.25) is 4.99 Å². The second kappa shape index (κ2) is 5.72. The summed E-state index contributed by atoms with van der Waals surface area (Å²) in [4.78, 5) is 16.0. The van der Waals surface area contributed by atoms with Crippen molar-refractivity contribution in [2.45, 2.75) is 25.8 Å². The summed E-state index contributed by atoms with van der Waals surface area (Å²) in [5, 5.41) is 1.01. The van der Waals surface area contributed by atoms with Crippen molar-refractivity contribution < 1.29 is 9.53 Å². The number of aliphatic imine (C=N–C) groups is 1. The number of halogens is 2. The highest BCUT2D eigenvalue weighted by Crippen LogP contribution is 2.26. The minimum atomic E-state index is -0.380. The second-order valence-electron chi connectivity index (χ2n) is 4.01. The van der Waals surface area contributed by atoms with Gasteiger partial charge in [0.2, 0.25) is 0 Å². The van der Waals surface area contributed by atoms with E-state index in [2.05, 4.69) is 4.99 Å². The quantitative estimate of drug-likeness (QED) is 0.797. The largest absolute Gasteiger partial charge is 0.464 e. The Morgan fingerprint density at radius 3 is 2.89 bits per heavy atom. The molecule has 0 bridgehead atoms. The third kappa shape index (κ3) is 2.85. The molecule has 18 heavy (non-hydrogen) atoms. The topological polar surface area (TPSA) is 38.7 Å². The van der Waals surface area contributed by atoms with Crippen molar-refractivity contribution >= 4 is 34.9 Å². The van der Waals surface area contributed by atoms with Crippen LogP contribution in [0.25, 0.3) is 0 Å². The predicted molar refractivity (Wildman–Crippen MR) is 72.7 cm³/mol. The van der Waals surface area contributed by atoms with E-state index >= 15 is 0 Å². The van der Waals surface area contributed by atoms with E-state index < -0.39 is 0 Å². The number of hydrogen-bond donors (Lipinski definition) is 0. The first kappa shape index (κ1) is 13.4. The van der Waals surface area contributed by atoms with E-state index in [1.165, 1.54) is 0 Å². The van der Waals surface area contributed by atoms with Gasteiger partial charge in [-0.2, -0.15) is 0 Å². The molecule has 5 heteroatoms. The van der Waals surface area contributed by atoms with Crippen LogP contribution in [-0.2, 0) is 9.53 Å². The fourth-order valence-corrected chi connectivity index (χ4v) is 2.19. The van der Waals surface area contributed by atoms with Crippen molar-refractivity contribution in [1.82, 2.24) is 0 Å². The molecule has 0 aromatic heterocycles. The fraction of sp³-hybridized carbons (Fsp3) is 0.385. The van der Waals surface area contributed by atoms with Gasteiger partial charge in [0.25, 0.3) is 0 Å². The Kier molecular flexibility index (Phi) is 4.25. The molecule has 2 rings (SSSR count). The predicted octanol–water partition coefficient (Wildman–Crippen LogP) is 3.51. The number of esters is 1. The van der Waals surface area contributed by atoms with Crippen LogP contribution in [0.15, 0.2) is 23.2 Å². The normalized spacial score (nSPS) is 18.6. The number of carbonyl (C=O) groups is 1. The molecule has 3 nitrogen and oxygen atoms in total. The molecule has 1 aromatic rings. The summed E-state index contributed by atoms with van der Waals surface area (Å²) < 4.78 is 4.96. The molecular formula is C13H13Cl2NO2. The molecule has 1 aliphatic heterocycles. The first-order valence-electron chi connectivity index (χ1n) is 5.80. The van der Waals surface area contributed by atoms with Crippen LogP contribution in [0.4, 0.5) is 0 Å². The lowest BCUT2D eigenvalue weighted by Gasteiger charge is -2.04. The van der Waals surface area contributed by atoms with Gasteiger partial charge >= 0.3 is 5.97 Å². The maximum absolute atomic E-state index is 11.6. The van der Waals surface area contributed by atoms with Crippen LogP contribution in [0.3, 0.4) is 0 Å². The summed E-state index contributed by atoms with van der Waals surface area (Å²) in [5.74, 6) is -0.257. The zero-order valence-corrected chi connectivity index (χ0v) is 11.5. The van der Waals surface area contributed by atoms with E-state index in [9.17, 15) is 4.79 Å². The van der Waals surface area contributed by atoms with Gasteiger partial charge in [0.05, 0.1) is 16.7 Å². The highest BCUT2D eigenvalue weighted by molar-refractivity contribution is 6.42. The van der Waals surface area contributed by atoms with Crippen molar-refractivity contribution in [2.24, 2.45) is 4.99 Å². The number of carbonyl (C=O) groups excluding carboxylic acids is 1. The Morgan fingerprint density at radius 2 is 2.22 bits per heavy atom. The molecule has 1 aromatic carbocycles. The second-order valence-corrected chi connectivity index (χ2v) is 4.83. The molecule has 0 radical (unpaired) electrons. The molecule has 0 fully saturated rings. The average molecular weight is 286 g/mol. The Bertz CT molecular complexity index is 500. The van der Waals surface area contributed by atoms with Crippen molar-refractivity contribution in [1.29, 1.82) is 0 Å². The molecule has 1 unspecified atom stereocenters. The summed E-state index contributed by atoms with van der Waals surface area (Å²) in [6.45, 7) is 2.17. The zero-order chi connectivity index (χ0) is 13.1. The fourth-order valence-electron chi connectivity index (χ4n) is 1.89. The SMILES string of the molecule is CCOC(=O)C1CCC(c2ccc(Cl)c(Cl)c2)=N1.